The lowest BCUT2D eigenvalue weighted by atomic mass is 10.0. The van der Waals surface area contributed by atoms with Gasteiger partial charge in [0, 0.05) is 6.42 Å². The Balaban J connectivity index is 2.52. The number of aliphatic hydroxyl groups excluding tert-OH is 1. The van der Waals surface area contributed by atoms with Gasteiger partial charge in [0.2, 0.25) is 0 Å². The molecule has 0 aliphatic carbocycles. The molecule has 4 heteroatoms. The van der Waals surface area contributed by atoms with Gasteiger partial charge >= 0.3 is 5.97 Å². The van der Waals surface area contributed by atoms with Crippen LogP contribution in [0.15, 0.2) is 48.1 Å². The van der Waals surface area contributed by atoms with Crippen LogP contribution in [-0.4, -0.2) is 27.4 Å². The smallest absolute Gasteiger partial charge is 0.303 e. The fourth-order valence-electron chi connectivity index (χ4n) is 3.27. The van der Waals surface area contributed by atoms with Crippen LogP contribution in [0.5, 0.6) is 5.75 Å². The fourth-order valence-corrected chi connectivity index (χ4v) is 3.27. The van der Waals surface area contributed by atoms with Crippen LogP contribution in [0.3, 0.4) is 0 Å². The minimum absolute atomic E-state index is 0.263. The standard InChI is InChI=1S/C25H38O4/c1-2-3-8-14-23(26)18-17-21(19-22-13-11-15-24(27)20-22)12-9-6-4-5-7-10-16-25(28)29/h11-13,15,17-18,20,23,26-27H,2-10,14,16,19H2,1H3,(H,28,29)/t23-/m0/s1. The lowest BCUT2D eigenvalue weighted by Gasteiger charge is -2.08. The summed E-state index contributed by atoms with van der Waals surface area (Å²) in [5.41, 5.74) is 2.20. The third-order valence-electron chi connectivity index (χ3n) is 4.96. The van der Waals surface area contributed by atoms with Crippen molar-refractivity contribution in [1.29, 1.82) is 0 Å². The van der Waals surface area contributed by atoms with E-state index in [1.54, 1.807) is 12.1 Å². The second kappa shape index (κ2) is 15.8. The van der Waals surface area contributed by atoms with E-state index >= 15 is 0 Å². The summed E-state index contributed by atoms with van der Waals surface area (Å²) in [7, 11) is 0. The fraction of sp³-hybridized carbons (Fsp3) is 0.560. The van der Waals surface area contributed by atoms with Gasteiger partial charge in [-0.15, -0.1) is 0 Å². The summed E-state index contributed by atoms with van der Waals surface area (Å²) >= 11 is 0. The number of hydrogen-bond acceptors (Lipinski definition) is 3. The van der Waals surface area contributed by atoms with Gasteiger partial charge in [0.1, 0.15) is 5.75 Å². The predicted molar refractivity (Wildman–Crippen MR) is 119 cm³/mol. The quantitative estimate of drug-likeness (QED) is 0.228. The lowest BCUT2D eigenvalue weighted by Crippen LogP contribution is -2.02. The maximum absolute atomic E-state index is 10.5. The molecule has 0 heterocycles. The van der Waals surface area contributed by atoms with E-state index in [-0.39, 0.29) is 12.2 Å². The summed E-state index contributed by atoms with van der Waals surface area (Å²) < 4.78 is 0. The number of rotatable bonds is 16. The van der Waals surface area contributed by atoms with Crippen molar-refractivity contribution in [2.75, 3.05) is 0 Å². The molecular formula is C25H38O4. The first kappa shape index (κ1) is 25.0. The van der Waals surface area contributed by atoms with E-state index in [4.69, 9.17) is 5.11 Å². The minimum atomic E-state index is -0.715. The molecule has 0 aliphatic rings. The van der Waals surface area contributed by atoms with Crippen LogP contribution in [0, 0.1) is 0 Å². The highest BCUT2D eigenvalue weighted by Gasteiger charge is 2.02. The predicted octanol–water partition coefficient (Wildman–Crippen LogP) is 6.17. The number of allylic oxidation sites excluding steroid dienone is 3. The second-order valence-electron chi connectivity index (χ2n) is 7.75. The van der Waals surface area contributed by atoms with E-state index in [1.807, 2.05) is 24.3 Å². The van der Waals surface area contributed by atoms with Gasteiger partial charge in [0.05, 0.1) is 6.10 Å². The van der Waals surface area contributed by atoms with Crippen molar-refractivity contribution in [2.45, 2.75) is 90.1 Å². The summed E-state index contributed by atoms with van der Waals surface area (Å²) in [6.07, 6.45) is 16.7. The number of unbranched alkanes of at least 4 members (excludes halogenated alkanes) is 7. The van der Waals surface area contributed by atoms with Gasteiger partial charge in [0.25, 0.3) is 0 Å². The molecule has 1 rings (SSSR count). The molecule has 0 radical (unpaired) electrons. The monoisotopic (exact) mass is 402 g/mol. The summed E-state index contributed by atoms with van der Waals surface area (Å²) in [5, 5.41) is 28.5. The van der Waals surface area contributed by atoms with E-state index in [1.165, 1.54) is 0 Å². The molecule has 0 fully saturated rings. The Morgan fingerprint density at radius 2 is 1.83 bits per heavy atom. The molecule has 3 N–H and O–H groups in total. The number of phenolic OH excluding ortho intramolecular Hbond substituents is 1. The average molecular weight is 403 g/mol. The molecule has 0 amide bonds. The molecule has 0 saturated heterocycles. The van der Waals surface area contributed by atoms with Gasteiger partial charge < -0.3 is 15.3 Å². The Morgan fingerprint density at radius 1 is 1.07 bits per heavy atom. The normalized spacial score (nSPS) is 13.1. The lowest BCUT2D eigenvalue weighted by molar-refractivity contribution is -0.137. The summed E-state index contributed by atoms with van der Waals surface area (Å²) in [4.78, 5) is 10.5. The highest BCUT2D eigenvalue weighted by molar-refractivity contribution is 5.66. The number of carbonyl (C=O) groups is 1. The van der Waals surface area contributed by atoms with Crippen LogP contribution in [-0.2, 0) is 11.2 Å². The van der Waals surface area contributed by atoms with Crippen LogP contribution in [0.4, 0.5) is 0 Å². The SMILES string of the molecule is CCCCC[C@H](O)C=CC(=CCCCCCCCC(=O)O)Cc1cccc(O)c1. The van der Waals surface area contributed by atoms with Crippen LogP contribution in [0.25, 0.3) is 0 Å². The molecule has 0 saturated carbocycles. The maximum atomic E-state index is 10.5. The van der Waals surface area contributed by atoms with Crippen LogP contribution in [0.1, 0.15) is 83.1 Å². The Labute approximate surface area is 176 Å². The first-order chi connectivity index (χ1) is 14.0. The van der Waals surface area contributed by atoms with Crippen molar-refractivity contribution in [3.63, 3.8) is 0 Å². The number of benzene rings is 1. The summed E-state index contributed by atoms with van der Waals surface area (Å²) in [6.45, 7) is 2.16. The molecule has 1 aromatic carbocycles. The largest absolute Gasteiger partial charge is 0.508 e. The number of hydrogen-bond donors (Lipinski definition) is 3. The van der Waals surface area contributed by atoms with E-state index < -0.39 is 12.1 Å². The van der Waals surface area contributed by atoms with Gasteiger partial charge in [-0.1, -0.05) is 75.8 Å². The third kappa shape index (κ3) is 13.7. The van der Waals surface area contributed by atoms with Gasteiger partial charge in [0.15, 0.2) is 0 Å². The number of phenols is 1. The van der Waals surface area contributed by atoms with Crippen LogP contribution >= 0.6 is 0 Å². The Kier molecular flexibility index (Phi) is 13.6. The first-order valence-corrected chi connectivity index (χ1v) is 11.1. The molecule has 29 heavy (non-hydrogen) atoms. The van der Waals surface area contributed by atoms with Crippen molar-refractivity contribution in [3.05, 3.63) is 53.6 Å². The molecule has 0 aromatic heterocycles. The van der Waals surface area contributed by atoms with Gasteiger partial charge in [-0.25, -0.2) is 0 Å². The topological polar surface area (TPSA) is 77.8 Å². The van der Waals surface area contributed by atoms with E-state index in [9.17, 15) is 15.0 Å². The number of aliphatic carboxylic acids is 1. The van der Waals surface area contributed by atoms with Gasteiger partial charge in [-0.05, 0) is 55.4 Å². The van der Waals surface area contributed by atoms with Crippen molar-refractivity contribution in [2.24, 2.45) is 0 Å². The molecule has 0 bridgehead atoms. The van der Waals surface area contributed by atoms with Gasteiger partial charge in [-0.3, -0.25) is 4.79 Å². The molecule has 0 unspecified atom stereocenters. The van der Waals surface area contributed by atoms with Crippen molar-refractivity contribution in [1.82, 2.24) is 0 Å². The van der Waals surface area contributed by atoms with Crippen molar-refractivity contribution >= 4 is 5.97 Å². The zero-order chi connectivity index (χ0) is 21.3. The Bertz CT molecular complexity index is 633. The Morgan fingerprint density at radius 3 is 2.55 bits per heavy atom. The van der Waals surface area contributed by atoms with E-state index in [2.05, 4.69) is 13.0 Å². The Hall–Kier alpha value is -2.07. The highest BCUT2D eigenvalue weighted by Crippen LogP contribution is 2.17. The molecule has 162 valence electrons. The van der Waals surface area contributed by atoms with E-state index in [0.717, 1.165) is 81.8 Å². The summed E-state index contributed by atoms with van der Waals surface area (Å²) in [5.74, 6) is -0.444. The summed E-state index contributed by atoms with van der Waals surface area (Å²) in [6, 6.07) is 7.30. The number of carboxylic acids is 1. The second-order valence-corrected chi connectivity index (χ2v) is 7.75. The number of carboxylic acid groups (broad SMARTS) is 1. The third-order valence-corrected chi connectivity index (χ3v) is 4.96. The molecule has 0 spiro atoms. The molecule has 1 atom stereocenters. The number of aliphatic hydroxyl groups is 1. The van der Waals surface area contributed by atoms with Crippen molar-refractivity contribution < 1.29 is 20.1 Å². The first-order valence-electron chi connectivity index (χ1n) is 11.1. The highest BCUT2D eigenvalue weighted by atomic mass is 16.4. The van der Waals surface area contributed by atoms with Gasteiger partial charge in [-0.2, -0.15) is 0 Å². The van der Waals surface area contributed by atoms with Crippen molar-refractivity contribution in [3.8, 4) is 5.75 Å². The molecule has 1 aromatic rings. The minimum Gasteiger partial charge on any atom is -0.508 e. The van der Waals surface area contributed by atoms with E-state index in [0.29, 0.717) is 0 Å². The average Bonchev–Trinajstić information content (AvgIpc) is 2.68. The molecular weight excluding hydrogens is 364 g/mol. The van der Waals surface area contributed by atoms with Crippen LogP contribution < -0.4 is 0 Å². The van der Waals surface area contributed by atoms with Crippen LogP contribution in [0.2, 0.25) is 0 Å². The number of aromatic hydroxyl groups is 1. The molecule has 0 aliphatic heterocycles. The maximum Gasteiger partial charge on any atom is 0.303 e. The zero-order valence-electron chi connectivity index (χ0n) is 17.9. The zero-order valence-corrected chi connectivity index (χ0v) is 17.9. The molecule has 4 nitrogen and oxygen atoms in total.